The highest BCUT2D eigenvalue weighted by molar-refractivity contribution is 5.93. The molecule has 0 saturated heterocycles. The average Bonchev–Trinajstić information content (AvgIpc) is 2.50. The van der Waals surface area contributed by atoms with Crippen LogP contribution in [0.4, 0.5) is 5.69 Å². The zero-order valence-corrected chi connectivity index (χ0v) is 13.3. The van der Waals surface area contributed by atoms with Crippen LogP contribution < -0.4 is 5.32 Å². The number of carbonyl (C=O) groups excluding carboxylic acids is 1. The molecule has 0 radical (unpaired) electrons. The zero-order valence-electron chi connectivity index (χ0n) is 13.3. The monoisotopic (exact) mass is 266 g/mol. The van der Waals surface area contributed by atoms with E-state index in [0.29, 0.717) is 5.57 Å². The lowest BCUT2D eigenvalue weighted by atomic mass is 10.1. The van der Waals surface area contributed by atoms with Gasteiger partial charge in [-0.3, -0.25) is 0 Å². The van der Waals surface area contributed by atoms with Crippen molar-refractivity contribution in [1.29, 1.82) is 0 Å². The summed E-state index contributed by atoms with van der Waals surface area (Å²) in [6.07, 6.45) is 1.83. The van der Waals surface area contributed by atoms with E-state index in [-0.39, 0.29) is 5.97 Å². The molecule has 0 saturated carbocycles. The minimum Gasteiger partial charge on any atom is -0.466 e. The summed E-state index contributed by atoms with van der Waals surface area (Å²) in [7, 11) is 3.36. The lowest BCUT2D eigenvalue weighted by Crippen LogP contribution is -2.73. The molecule has 3 nitrogen and oxygen atoms in total. The Hall–Kier alpha value is -1.61. The smallest absolute Gasteiger partial charge is 0.333 e. The number of benzene rings is 1. The average molecular weight is 266 g/mol. The minimum atomic E-state index is -0.291. The van der Waals surface area contributed by atoms with Gasteiger partial charge in [0.1, 0.15) is 5.69 Å². The van der Waals surface area contributed by atoms with Crippen molar-refractivity contribution < 1.29 is 14.8 Å². The van der Waals surface area contributed by atoms with Crippen LogP contribution in [-0.2, 0) is 9.53 Å². The van der Waals surface area contributed by atoms with Gasteiger partial charge in [0.2, 0.25) is 0 Å². The van der Waals surface area contributed by atoms with Gasteiger partial charge in [0.15, 0.2) is 0 Å². The minimum absolute atomic E-state index is 0.291. The number of nitrogens with two attached hydrogens (primary N) is 1. The van der Waals surface area contributed by atoms with Crippen molar-refractivity contribution in [3.05, 3.63) is 35.4 Å². The number of quaternary nitrogens is 1. The first-order chi connectivity index (χ1) is 9.19. The number of hydrogen-bond acceptors (Lipinski definition) is 2. The van der Waals surface area contributed by atoms with E-state index in [9.17, 15) is 4.79 Å². The van der Waals surface area contributed by atoms with Crippen molar-refractivity contribution in [3.8, 4) is 0 Å². The Balaban J connectivity index is 0. The first kappa shape index (κ1) is 19.7. The number of hydrogen-bond donors (Lipinski definition) is 1. The van der Waals surface area contributed by atoms with Crippen LogP contribution in [0.1, 0.15) is 40.2 Å². The molecule has 1 aromatic carbocycles. The molecule has 0 aliphatic heterocycles. The molecule has 0 unspecified atom stereocenters. The van der Waals surface area contributed by atoms with Crippen LogP contribution in [0.15, 0.2) is 29.8 Å². The second-order valence-electron chi connectivity index (χ2n) is 3.24. The maximum atomic E-state index is 11.2. The molecule has 0 atom stereocenters. The number of methoxy groups -OCH3 is 1. The van der Waals surface area contributed by atoms with Gasteiger partial charge in [-0.05, 0) is 25.1 Å². The van der Waals surface area contributed by atoms with E-state index in [2.05, 4.69) is 4.74 Å². The van der Waals surface area contributed by atoms with Crippen LogP contribution in [0.25, 0.3) is 6.08 Å². The van der Waals surface area contributed by atoms with Crippen LogP contribution in [0, 0.1) is 0 Å². The second-order valence-corrected chi connectivity index (χ2v) is 3.24. The van der Waals surface area contributed by atoms with E-state index in [0.717, 1.165) is 11.3 Å². The molecule has 1 aromatic rings. The molecule has 0 aromatic heterocycles. The molecule has 0 heterocycles. The third-order valence-electron chi connectivity index (χ3n) is 2.19. The maximum absolute atomic E-state index is 11.2. The van der Waals surface area contributed by atoms with Crippen molar-refractivity contribution in [2.24, 2.45) is 0 Å². The molecule has 0 bridgehead atoms. The van der Waals surface area contributed by atoms with Gasteiger partial charge in [0.25, 0.3) is 0 Å². The highest BCUT2D eigenvalue weighted by Crippen LogP contribution is 2.14. The third kappa shape index (κ3) is 7.42. The lowest BCUT2D eigenvalue weighted by Gasteiger charge is -2.02. The Morgan fingerprint density at radius 2 is 1.68 bits per heavy atom. The fourth-order valence-electron chi connectivity index (χ4n) is 1.36. The van der Waals surface area contributed by atoms with Gasteiger partial charge in [-0.2, -0.15) is 0 Å². The van der Waals surface area contributed by atoms with E-state index >= 15 is 0 Å². The van der Waals surface area contributed by atoms with Crippen molar-refractivity contribution in [2.75, 3.05) is 14.2 Å². The highest BCUT2D eigenvalue weighted by atomic mass is 16.5. The second kappa shape index (κ2) is 12.8. The number of carbonyl (C=O) groups is 1. The summed E-state index contributed by atoms with van der Waals surface area (Å²) in [6, 6.07) is 7.90. The Bertz CT molecular complexity index is 384. The standard InChI is InChI=1S/C12H15NO2.2C2H6/c1-9(12(14)15-3)8-10-6-4-5-7-11(10)13-2;2*1-2/h4-8,13H,1-3H3;2*1-2H3/p+1/b9-8+;;. The number of rotatable bonds is 3. The normalized spacial score (nSPS) is 9.53. The fraction of sp³-hybridized carbons (Fsp3) is 0.438. The molecule has 0 spiro atoms. The van der Waals surface area contributed by atoms with E-state index in [1.165, 1.54) is 7.11 Å². The zero-order chi connectivity index (χ0) is 15.3. The quantitative estimate of drug-likeness (QED) is 0.519. The van der Waals surface area contributed by atoms with Crippen molar-refractivity contribution in [3.63, 3.8) is 0 Å². The van der Waals surface area contributed by atoms with E-state index in [1.807, 2.05) is 70.4 Å². The molecule has 108 valence electrons. The maximum Gasteiger partial charge on any atom is 0.333 e. The number of para-hydroxylation sites is 1. The molecule has 19 heavy (non-hydrogen) atoms. The third-order valence-corrected chi connectivity index (χ3v) is 2.19. The van der Waals surface area contributed by atoms with E-state index in [1.54, 1.807) is 6.92 Å². The Labute approximate surface area is 117 Å². The van der Waals surface area contributed by atoms with Crippen LogP contribution in [-0.4, -0.2) is 20.1 Å². The predicted octanol–water partition coefficient (Wildman–Crippen LogP) is 3.14. The van der Waals surface area contributed by atoms with Gasteiger partial charge in [0, 0.05) is 11.1 Å². The Morgan fingerprint density at radius 1 is 1.16 bits per heavy atom. The molecular formula is C16H28NO2+. The van der Waals surface area contributed by atoms with Crippen molar-refractivity contribution in [1.82, 2.24) is 0 Å². The summed E-state index contributed by atoms with van der Waals surface area (Å²) >= 11 is 0. The Kier molecular flexibility index (Phi) is 13.3. The van der Waals surface area contributed by atoms with Gasteiger partial charge < -0.3 is 10.1 Å². The van der Waals surface area contributed by atoms with E-state index in [4.69, 9.17) is 0 Å². The molecule has 0 aliphatic carbocycles. The largest absolute Gasteiger partial charge is 0.466 e. The van der Waals surface area contributed by atoms with Gasteiger partial charge in [-0.15, -0.1) is 0 Å². The number of ether oxygens (including phenoxy) is 1. The first-order valence-corrected chi connectivity index (χ1v) is 6.84. The summed E-state index contributed by atoms with van der Waals surface area (Å²) in [4.78, 5) is 11.2. The van der Waals surface area contributed by atoms with E-state index < -0.39 is 0 Å². The van der Waals surface area contributed by atoms with Gasteiger partial charge in [-0.1, -0.05) is 39.8 Å². The fourth-order valence-corrected chi connectivity index (χ4v) is 1.36. The first-order valence-electron chi connectivity index (χ1n) is 6.84. The molecule has 2 N–H and O–H groups in total. The summed E-state index contributed by atoms with van der Waals surface area (Å²) < 4.78 is 4.64. The molecular weight excluding hydrogens is 238 g/mol. The summed E-state index contributed by atoms with van der Waals surface area (Å²) in [6.45, 7) is 9.75. The molecule has 0 fully saturated rings. The lowest BCUT2D eigenvalue weighted by molar-refractivity contribution is -0.539. The summed E-state index contributed by atoms with van der Waals surface area (Å²) in [5.74, 6) is -0.291. The summed E-state index contributed by atoms with van der Waals surface area (Å²) in [5.41, 5.74) is 2.75. The van der Waals surface area contributed by atoms with Crippen molar-refractivity contribution >= 4 is 17.7 Å². The molecule has 0 aliphatic rings. The molecule has 1 rings (SSSR count). The van der Waals surface area contributed by atoms with Crippen molar-refractivity contribution in [2.45, 2.75) is 34.6 Å². The van der Waals surface area contributed by atoms with Crippen LogP contribution >= 0.6 is 0 Å². The summed E-state index contributed by atoms with van der Waals surface area (Å²) in [5, 5.41) is 2.01. The molecule has 3 heteroatoms. The van der Waals surface area contributed by atoms with Crippen LogP contribution in [0.5, 0.6) is 0 Å². The van der Waals surface area contributed by atoms with Crippen LogP contribution in [0.3, 0.4) is 0 Å². The van der Waals surface area contributed by atoms with Gasteiger partial charge in [0.05, 0.1) is 14.2 Å². The predicted molar refractivity (Wildman–Crippen MR) is 82.3 cm³/mol. The topological polar surface area (TPSA) is 42.9 Å². The highest BCUT2D eigenvalue weighted by Gasteiger charge is 2.06. The van der Waals surface area contributed by atoms with Crippen LogP contribution in [0.2, 0.25) is 0 Å². The van der Waals surface area contributed by atoms with Gasteiger partial charge >= 0.3 is 5.97 Å². The number of esters is 1. The van der Waals surface area contributed by atoms with Gasteiger partial charge in [-0.25, -0.2) is 4.79 Å². The molecule has 0 amide bonds. The SMILES string of the molecule is CC.CC.C[NH2+]c1ccccc1/C=C(\C)C(=O)OC. The Morgan fingerprint density at radius 3 is 2.16 bits per heavy atom.